The van der Waals surface area contributed by atoms with Crippen LogP contribution in [-0.2, 0) is 11.2 Å². The molecule has 0 atom stereocenters. The summed E-state index contributed by atoms with van der Waals surface area (Å²) in [7, 11) is 1.64. The molecule has 1 heterocycles. The molecule has 1 aromatic rings. The number of likely N-dealkylation sites (tertiary alicyclic amines) is 1. The van der Waals surface area contributed by atoms with E-state index in [0.29, 0.717) is 25.9 Å². The Kier molecular flexibility index (Phi) is 7.10. The first-order valence-corrected chi connectivity index (χ1v) is 8.96. The van der Waals surface area contributed by atoms with Crippen molar-refractivity contribution in [3.8, 4) is 5.75 Å². The standard InChI is InChI=1S/C19H29N3O3/c1-14(2)20-19(24)22-12-10-16(11-13-22)21-18(23)9-8-15-6-4-5-7-17(15)25-3/h4-7,14,16H,8-13H2,1-3H3,(H,20,24)(H,21,23). The third kappa shape index (κ3) is 5.96. The van der Waals surface area contributed by atoms with E-state index in [1.807, 2.05) is 43.0 Å². The number of piperidine rings is 1. The number of carbonyl (C=O) groups excluding carboxylic acids is 2. The lowest BCUT2D eigenvalue weighted by Gasteiger charge is -2.33. The van der Waals surface area contributed by atoms with Gasteiger partial charge in [-0.2, -0.15) is 0 Å². The van der Waals surface area contributed by atoms with Crippen molar-refractivity contribution in [2.75, 3.05) is 20.2 Å². The molecule has 1 aliphatic rings. The van der Waals surface area contributed by atoms with Crippen molar-refractivity contribution < 1.29 is 14.3 Å². The maximum absolute atomic E-state index is 12.2. The summed E-state index contributed by atoms with van der Waals surface area (Å²) in [5.41, 5.74) is 1.04. The number of urea groups is 1. The van der Waals surface area contributed by atoms with Gasteiger partial charge in [-0.05, 0) is 44.7 Å². The van der Waals surface area contributed by atoms with Crippen LogP contribution in [0.1, 0.15) is 38.7 Å². The smallest absolute Gasteiger partial charge is 0.317 e. The summed E-state index contributed by atoms with van der Waals surface area (Å²) in [4.78, 5) is 26.0. The Morgan fingerprint density at radius 1 is 1.24 bits per heavy atom. The molecule has 2 N–H and O–H groups in total. The first-order valence-electron chi connectivity index (χ1n) is 8.96. The van der Waals surface area contributed by atoms with Crippen LogP contribution in [0.25, 0.3) is 0 Å². The molecular weight excluding hydrogens is 318 g/mol. The molecule has 0 spiro atoms. The molecular formula is C19H29N3O3. The van der Waals surface area contributed by atoms with E-state index >= 15 is 0 Å². The van der Waals surface area contributed by atoms with E-state index in [4.69, 9.17) is 4.74 Å². The third-order valence-electron chi connectivity index (χ3n) is 4.37. The predicted octanol–water partition coefficient (Wildman–Crippen LogP) is 2.33. The first kappa shape index (κ1) is 19.1. The maximum atomic E-state index is 12.2. The summed E-state index contributed by atoms with van der Waals surface area (Å²) in [6.07, 6.45) is 2.69. The number of methoxy groups -OCH3 is 1. The average Bonchev–Trinajstić information content (AvgIpc) is 2.60. The SMILES string of the molecule is COc1ccccc1CCC(=O)NC1CCN(C(=O)NC(C)C)CC1. The topological polar surface area (TPSA) is 70.7 Å². The number of carbonyl (C=O) groups is 2. The second-order valence-electron chi connectivity index (χ2n) is 6.74. The van der Waals surface area contributed by atoms with Gasteiger partial charge in [-0.3, -0.25) is 4.79 Å². The van der Waals surface area contributed by atoms with Crippen LogP contribution in [0.5, 0.6) is 5.75 Å². The molecule has 6 heteroatoms. The number of ether oxygens (including phenoxy) is 1. The molecule has 1 aromatic carbocycles. The van der Waals surface area contributed by atoms with Crippen LogP contribution in [0.4, 0.5) is 4.79 Å². The fraction of sp³-hybridized carbons (Fsp3) is 0.579. The van der Waals surface area contributed by atoms with E-state index in [-0.39, 0.29) is 24.0 Å². The highest BCUT2D eigenvalue weighted by Gasteiger charge is 2.24. The van der Waals surface area contributed by atoms with Gasteiger partial charge >= 0.3 is 6.03 Å². The minimum Gasteiger partial charge on any atom is -0.496 e. The Morgan fingerprint density at radius 2 is 1.92 bits per heavy atom. The van der Waals surface area contributed by atoms with E-state index in [0.717, 1.165) is 24.2 Å². The van der Waals surface area contributed by atoms with Crippen molar-refractivity contribution in [2.24, 2.45) is 0 Å². The fourth-order valence-electron chi connectivity index (χ4n) is 3.02. The molecule has 25 heavy (non-hydrogen) atoms. The Morgan fingerprint density at radius 3 is 2.56 bits per heavy atom. The van der Waals surface area contributed by atoms with Crippen molar-refractivity contribution >= 4 is 11.9 Å². The van der Waals surface area contributed by atoms with E-state index in [9.17, 15) is 9.59 Å². The second-order valence-corrected chi connectivity index (χ2v) is 6.74. The second kappa shape index (κ2) is 9.30. The Bertz CT molecular complexity index is 581. The first-order chi connectivity index (χ1) is 12.0. The van der Waals surface area contributed by atoms with Crippen molar-refractivity contribution in [2.45, 2.75) is 51.6 Å². The van der Waals surface area contributed by atoms with E-state index in [1.54, 1.807) is 7.11 Å². The van der Waals surface area contributed by atoms with Crippen molar-refractivity contribution in [3.05, 3.63) is 29.8 Å². The summed E-state index contributed by atoms with van der Waals surface area (Å²) < 4.78 is 5.31. The zero-order valence-corrected chi connectivity index (χ0v) is 15.4. The molecule has 2 rings (SSSR count). The normalized spacial score (nSPS) is 15.1. The van der Waals surface area contributed by atoms with Gasteiger partial charge < -0.3 is 20.3 Å². The number of para-hydroxylation sites is 1. The molecule has 0 unspecified atom stereocenters. The minimum atomic E-state index is -0.0176. The lowest BCUT2D eigenvalue weighted by Crippen LogP contribution is -2.50. The van der Waals surface area contributed by atoms with Crippen LogP contribution in [0.2, 0.25) is 0 Å². The van der Waals surface area contributed by atoms with Gasteiger partial charge in [0.1, 0.15) is 5.75 Å². The molecule has 0 saturated carbocycles. The minimum absolute atomic E-state index is 0.0176. The van der Waals surface area contributed by atoms with Crippen molar-refractivity contribution in [1.29, 1.82) is 0 Å². The number of rotatable bonds is 6. The quantitative estimate of drug-likeness (QED) is 0.830. The highest BCUT2D eigenvalue weighted by Crippen LogP contribution is 2.19. The lowest BCUT2D eigenvalue weighted by molar-refractivity contribution is -0.122. The Hall–Kier alpha value is -2.24. The monoisotopic (exact) mass is 347 g/mol. The number of benzene rings is 1. The van der Waals surface area contributed by atoms with E-state index in [1.165, 1.54) is 0 Å². The van der Waals surface area contributed by atoms with Crippen LogP contribution < -0.4 is 15.4 Å². The maximum Gasteiger partial charge on any atom is 0.317 e. The number of nitrogens with zero attached hydrogens (tertiary/aromatic N) is 1. The molecule has 0 radical (unpaired) electrons. The number of nitrogens with one attached hydrogen (secondary N) is 2. The van der Waals surface area contributed by atoms with Gasteiger partial charge in [-0.15, -0.1) is 0 Å². The highest BCUT2D eigenvalue weighted by atomic mass is 16.5. The summed E-state index contributed by atoms with van der Waals surface area (Å²) in [5, 5.41) is 5.99. The van der Waals surface area contributed by atoms with Gasteiger partial charge in [0.15, 0.2) is 0 Å². The Balaban J connectivity index is 1.72. The van der Waals surface area contributed by atoms with Gasteiger partial charge in [0, 0.05) is 31.6 Å². The molecule has 3 amide bonds. The molecule has 138 valence electrons. The zero-order chi connectivity index (χ0) is 18.2. The van der Waals surface area contributed by atoms with Gasteiger partial charge in [-0.25, -0.2) is 4.79 Å². The molecule has 0 aliphatic carbocycles. The molecule has 0 bridgehead atoms. The molecule has 1 aliphatic heterocycles. The van der Waals surface area contributed by atoms with Crippen LogP contribution in [0.15, 0.2) is 24.3 Å². The highest BCUT2D eigenvalue weighted by molar-refractivity contribution is 5.77. The summed E-state index contributed by atoms with van der Waals surface area (Å²) in [6.45, 7) is 5.26. The van der Waals surface area contributed by atoms with Crippen LogP contribution in [0, 0.1) is 0 Å². The summed E-state index contributed by atoms with van der Waals surface area (Å²) >= 11 is 0. The summed E-state index contributed by atoms with van der Waals surface area (Å²) in [5.74, 6) is 0.871. The fourth-order valence-corrected chi connectivity index (χ4v) is 3.02. The van der Waals surface area contributed by atoms with Crippen LogP contribution >= 0.6 is 0 Å². The van der Waals surface area contributed by atoms with Gasteiger partial charge in [0.25, 0.3) is 0 Å². The number of aryl methyl sites for hydroxylation is 1. The average molecular weight is 347 g/mol. The largest absolute Gasteiger partial charge is 0.496 e. The molecule has 1 saturated heterocycles. The number of amides is 3. The van der Waals surface area contributed by atoms with Gasteiger partial charge in [0.05, 0.1) is 7.11 Å². The molecule has 0 aromatic heterocycles. The van der Waals surface area contributed by atoms with Gasteiger partial charge in [0.2, 0.25) is 5.91 Å². The van der Waals surface area contributed by atoms with E-state index < -0.39 is 0 Å². The van der Waals surface area contributed by atoms with Crippen LogP contribution in [-0.4, -0.2) is 49.1 Å². The molecule has 1 fully saturated rings. The third-order valence-corrected chi connectivity index (χ3v) is 4.37. The number of hydrogen-bond acceptors (Lipinski definition) is 3. The van der Waals surface area contributed by atoms with Crippen molar-refractivity contribution in [3.63, 3.8) is 0 Å². The molecule has 6 nitrogen and oxygen atoms in total. The Labute approximate surface area is 149 Å². The lowest BCUT2D eigenvalue weighted by atomic mass is 10.0. The van der Waals surface area contributed by atoms with Crippen LogP contribution in [0.3, 0.4) is 0 Å². The van der Waals surface area contributed by atoms with E-state index in [2.05, 4.69) is 10.6 Å². The van der Waals surface area contributed by atoms with Crippen molar-refractivity contribution in [1.82, 2.24) is 15.5 Å². The summed E-state index contributed by atoms with van der Waals surface area (Å²) in [6, 6.07) is 8.03. The zero-order valence-electron chi connectivity index (χ0n) is 15.4. The predicted molar refractivity (Wildman–Crippen MR) is 97.7 cm³/mol. The van der Waals surface area contributed by atoms with Gasteiger partial charge in [-0.1, -0.05) is 18.2 Å². The number of hydrogen-bond donors (Lipinski definition) is 2.